The highest BCUT2D eigenvalue weighted by molar-refractivity contribution is 7.98. The van der Waals surface area contributed by atoms with Gasteiger partial charge in [0.05, 0.1) is 24.7 Å². The lowest BCUT2D eigenvalue weighted by Crippen LogP contribution is -2.55. The quantitative estimate of drug-likeness (QED) is 0.0488. The number of ether oxygens (including phenoxy) is 1. The lowest BCUT2D eigenvalue weighted by molar-refractivity contribution is -0.135. The average Bonchev–Trinajstić information content (AvgIpc) is 1.47. The van der Waals surface area contributed by atoms with E-state index in [0.29, 0.717) is 49.4 Å². The van der Waals surface area contributed by atoms with E-state index in [2.05, 4.69) is 163 Å². The Morgan fingerprint density at radius 2 is 1.59 bits per heavy atom. The highest BCUT2D eigenvalue weighted by Crippen LogP contribution is 2.52. The van der Waals surface area contributed by atoms with Gasteiger partial charge in [-0.05, 0) is 230 Å². The zero-order valence-corrected chi connectivity index (χ0v) is 60.9. The van der Waals surface area contributed by atoms with Crippen molar-refractivity contribution in [1.29, 1.82) is 0 Å². The number of aromatic hydroxyl groups is 1. The van der Waals surface area contributed by atoms with Crippen LogP contribution in [0.2, 0.25) is 0 Å². The molecule has 3 saturated heterocycles. The van der Waals surface area contributed by atoms with Crippen LogP contribution in [0.1, 0.15) is 125 Å². The number of imide groups is 1. The van der Waals surface area contributed by atoms with Crippen LogP contribution in [0.4, 0.5) is 9.59 Å². The first kappa shape index (κ1) is 71.2. The van der Waals surface area contributed by atoms with Crippen molar-refractivity contribution in [3.05, 3.63) is 155 Å². The van der Waals surface area contributed by atoms with Crippen LogP contribution in [0.3, 0.4) is 0 Å². The monoisotopic (exact) mass is 1350 g/mol. The minimum Gasteiger partial charge on any atom is -0.508 e. The summed E-state index contributed by atoms with van der Waals surface area (Å²) in [5.74, 6) is 4.79. The molecule has 2 aromatic heterocycles. The number of amides is 5. The molecule has 0 spiro atoms. The molecule has 15 rings (SSSR count). The third kappa shape index (κ3) is 15.0. The van der Waals surface area contributed by atoms with Crippen LogP contribution >= 0.6 is 11.8 Å². The van der Waals surface area contributed by atoms with Gasteiger partial charge in [0.25, 0.3) is 0 Å². The van der Waals surface area contributed by atoms with E-state index in [1.54, 1.807) is 11.6 Å². The Bertz CT molecular complexity index is 3730. The molecule has 4 fully saturated rings. The maximum Gasteiger partial charge on any atom is 0.324 e. The number of allylic oxidation sites excluding steroid dienone is 4. The van der Waals surface area contributed by atoms with Crippen LogP contribution in [-0.4, -0.2) is 216 Å². The number of aromatic nitrogens is 2. The number of nitrogens with zero attached hydrogens (tertiary/aromatic N) is 7. The maximum absolute atomic E-state index is 13.7. The number of hydrogen-bond donors (Lipinski definition) is 6. The molecule has 17 nitrogen and oxygen atoms in total. The molecule has 3 aromatic carbocycles. The number of aromatic amines is 2. The fraction of sp³-hybridized carbons (Fsp3) is 0.562. The van der Waals surface area contributed by atoms with Gasteiger partial charge in [-0.3, -0.25) is 29.3 Å². The molecule has 0 radical (unpaired) electrons. The SMILES string of the molecule is C=CCN1C[C@H](C(=O)N(CCCN(C)C)C(=O)NCC)C[C@@H]2c3cccc4[nH]cc(c34)C[C@H]21.CCCN1CCO[C@@H]2c3cc(O)ccc3CC[C@H]21.CCCN1C[C@H](CSC)C[C@@H]2C3C=CC=C4NC=C(C[C@H]21)C43.CCN(CC)C(=O)NC1C=C2c3cccc4[nH]cc(c34)CC2N(C)C1. The fourth-order valence-corrected chi connectivity index (χ4v) is 19.4. The van der Waals surface area contributed by atoms with Crippen LogP contribution in [0.15, 0.2) is 121 Å². The van der Waals surface area contributed by atoms with Crippen molar-refractivity contribution >= 4 is 57.1 Å². The number of rotatable bonds is 17. The molecule has 528 valence electrons. The molecule has 6 N–H and O–H groups in total. The molecule has 0 bridgehead atoms. The van der Waals surface area contributed by atoms with Crippen molar-refractivity contribution in [3.63, 3.8) is 0 Å². The summed E-state index contributed by atoms with van der Waals surface area (Å²) in [5.41, 5.74) is 14.7. The third-order valence-corrected chi connectivity index (χ3v) is 23.8. The summed E-state index contributed by atoms with van der Waals surface area (Å²) in [4.78, 5) is 61.3. The summed E-state index contributed by atoms with van der Waals surface area (Å²) >= 11 is 2.03. The number of likely N-dealkylation sites (N-methyl/N-ethyl adjacent to an activating group) is 1. The van der Waals surface area contributed by atoms with Gasteiger partial charge < -0.3 is 45.6 Å². The number of morpholine rings is 1. The fourth-order valence-electron chi connectivity index (χ4n) is 18.6. The van der Waals surface area contributed by atoms with Gasteiger partial charge in [-0.2, -0.15) is 11.8 Å². The molecule has 5 aromatic rings. The van der Waals surface area contributed by atoms with Gasteiger partial charge in [0.1, 0.15) is 5.75 Å². The number of H-pyrrole nitrogens is 2. The Morgan fingerprint density at radius 1 is 0.827 bits per heavy atom. The number of benzene rings is 3. The highest BCUT2D eigenvalue weighted by atomic mass is 32.2. The first-order valence-corrected chi connectivity index (χ1v) is 38.5. The Balaban J connectivity index is 0.000000127. The number of thioether (sulfide) groups is 1. The van der Waals surface area contributed by atoms with Crippen molar-refractivity contribution in [2.45, 2.75) is 141 Å². The molecular weight excluding hydrogens is 1240 g/mol. The molecule has 5 aliphatic carbocycles. The number of carbonyl (C=O) groups excluding carboxylic acids is 3. The zero-order valence-electron chi connectivity index (χ0n) is 60.0. The summed E-state index contributed by atoms with van der Waals surface area (Å²) in [7, 11) is 6.17. The van der Waals surface area contributed by atoms with E-state index in [9.17, 15) is 19.5 Å². The molecule has 98 heavy (non-hydrogen) atoms. The van der Waals surface area contributed by atoms with Crippen LogP contribution in [-0.2, 0) is 28.8 Å². The third-order valence-electron chi connectivity index (χ3n) is 23.0. The second-order valence-corrected chi connectivity index (χ2v) is 30.3. The summed E-state index contributed by atoms with van der Waals surface area (Å²) in [5, 5.41) is 21.9. The second kappa shape index (κ2) is 32.3. The van der Waals surface area contributed by atoms with Gasteiger partial charge in [0, 0.05) is 141 Å². The summed E-state index contributed by atoms with van der Waals surface area (Å²) in [6.45, 7) is 25.5. The minimum absolute atomic E-state index is 0.0232. The van der Waals surface area contributed by atoms with E-state index in [0.717, 1.165) is 114 Å². The highest BCUT2D eigenvalue weighted by Gasteiger charge is 2.50. The number of phenols is 1. The summed E-state index contributed by atoms with van der Waals surface area (Å²) in [6.07, 6.45) is 31.3. The van der Waals surface area contributed by atoms with E-state index >= 15 is 0 Å². The van der Waals surface area contributed by atoms with Gasteiger partial charge in [-0.1, -0.05) is 68.5 Å². The van der Waals surface area contributed by atoms with Crippen LogP contribution in [0.25, 0.3) is 27.4 Å². The van der Waals surface area contributed by atoms with Crippen molar-refractivity contribution in [1.82, 2.24) is 60.2 Å². The second-order valence-electron chi connectivity index (χ2n) is 29.4. The van der Waals surface area contributed by atoms with E-state index in [-0.39, 0.29) is 42.0 Å². The lowest BCUT2D eigenvalue weighted by Gasteiger charge is -2.52. The Morgan fingerprint density at radius 3 is 2.34 bits per heavy atom. The number of carbonyl (C=O) groups is 3. The number of nitrogens with one attached hydrogen (secondary N) is 5. The predicted molar refractivity (Wildman–Crippen MR) is 400 cm³/mol. The van der Waals surface area contributed by atoms with E-state index in [4.69, 9.17) is 4.74 Å². The molecule has 18 heteroatoms. The van der Waals surface area contributed by atoms with Gasteiger partial charge >= 0.3 is 12.1 Å². The van der Waals surface area contributed by atoms with Crippen molar-refractivity contribution in [3.8, 4) is 5.75 Å². The molecule has 10 aliphatic rings. The zero-order chi connectivity index (χ0) is 68.7. The van der Waals surface area contributed by atoms with Crippen LogP contribution < -0.4 is 16.0 Å². The number of piperidine rings is 2. The molecule has 1 saturated carbocycles. The number of likely N-dealkylation sites (tertiary alicyclic amines) is 2. The largest absolute Gasteiger partial charge is 0.508 e. The van der Waals surface area contributed by atoms with Crippen LogP contribution in [0.5, 0.6) is 5.75 Å². The molecule has 5 aliphatic heterocycles. The molecule has 7 heterocycles. The molecular formula is C80H112N12O5S. The van der Waals surface area contributed by atoms with Gasteiger partial charge in [0.2, 0.25) is 5.91 Å². The maximum atomic E-state index is 13.7. The first-order chi connectivity index (χ1) is 47.7. The standard InChI is InChI=1S/C26H37N5O2.C20H26N4O.C19H28N2S.C15H21NO2/c1-5-11-30-17-19(25(32)31(26(33)27-6-2)13-8-12-29(3)4)14-21-20-9-7-10-22-24(20)18(16-28-22)15-23(21)30;1-4-24(5-2)20(25)22-14-10-16-15-7-6-8-17-19(15)13(11-21-17)9-18(16)23(3)12-14;1-3-7-21-11-13(12-22-2)8-16-15-5-4-6-17-19(15)14(10-20-17)9-18(16)21;1-2-7-16-8-9-18-15-13-10-12(17)5-3-11(13)4-6-14(15)16/h5,7,9-10,16,19,21,23,28H,1,6,8,11-15,17H2,2-4H3,(H,27,33);6-8,10-11,14,18,21H,4-5,9,12H2,1-3H3,(H,22,25);4-6,10,13,15-16,18-20H,3,7-9,11-12H2,1-2H3;3,5,10,14-15,17H,2,4,6-9H2,1H3/t19-,21-,23-;;13-,15?,16-,18-,19?;14-,15-/m1.11/s1. The Labute approximate surface area is 587 Å². The average molecular weight is 1350 g/mol. The van der Waals surface area contributed by atoms with Crippen molar-refractivity contribution < 1.29 is 24.2 Å². The number of hydrogen-bond acceptors (Lipinski definition) is 12. The number of urea groups is 2. The molecule has 4 unspecified atom stereocenters. The predicted octanol–water partition coefficient (Wildman–Crippen LogP) is 12.2. The molecule has 5 amide bonds. The van der Waals surface area contributed by atoms with E-state index in [1.807, 2.05) is 69.7 Å². The van der Waals surface area contributed by atoms with Gasteiger partial charge in [-0.15, -0.1) is 6.58 Å². The normalized spacial score (nSPS) is 27.2. The van der Waals surface area contributed by atoms with E-state index in [1.165, 1.54) is 117 Å². The lowest BCUT2D eigenvalue weighted by atomic mass is 9.61. The van der Waals surface area contributed by atoms with E-state index < -0.39 is 0 Å². The Hall–Kier alpha value is -6.64. The van der Waals surface area contributed by atoms with Crippen LogP contribution in [0, 0.1) is 29.6 Å². The molecule has 12 atom stereocenters. The topological polar surface area (TPSA) is 171 Å². The van der Waals surface area contributed by atoms with Crippen molar-refractivity contribution in [2.75, 3.05) is 118 Å². The number of aryl methyl sites for hydroxylation is 1. The van der Waals surface area contributed by atoms with Crippen molar-refractivity contribution in [2.24, 2.45) is 29.6 Å². The Kier molecular flexibility index (Phi) is 23.5. The summed E-state index contributed by atoms with van der Waals surface area (Å²) in [6, 6.07) is 20.4. The smallest absolute Gasteiger partial charge is 0.324 e. The number of phenolic OH excluding ortho intramolecular Hbond substituents is 1. The van der Waals surface area contributed by atoms with Gasteiger partial charge in [-0.25, -0.2) is 9.59 Å². The minimum atomic E-state index is -0.280. The first-order valence-electron chi connectivity index (χ1n) is 37.2. The number of fused-ring (bicyclic) bond motifs is 9. The van der Waals surface area contributed by atoms with Gasteiger partial charge in [0.15, 0.2) is 0 Å². The summed E-state index contributed by atoms with van der Waals surface area (Å²) < 4.78 is 5.99.